The van der Waals surface area contributed by atoms with Gasteiger partial charge in [0.1, 0.15) is 5.82 Å². The number of fused-ring (bicyclic) bond motifs is 1. The molecule has 0 radical (unpaired) electrons. The fourth-order valence-electron chi connectivity index (χ4n) is 1.79. The molecule has 0 bridgehead atoms. The number of anilines is 1. The summed E-state index contributed by atoms with van der Waals surface area (Å²) in [6.45, 7) is 4.87. The summed E-state index contributed by atoms with van der Waals surface area (Å²) in [6, 6.07) is 7.84. The average Bonchev–Trinajstić information content (AvgIpc) is 2.28. The quantitative estimate of drug-likeness (QED) is 0.845. The number of hydrogen-bond donors (Lipinski definition) is 2. The Kier molecular flexibility index (Phi) is 3.24. The average molecular weight is 230 g/mol. The van der Waals surface area contributed by atoms with Crippen LogP contribution in [-0.4, -0.2) is 22.1 Å². The second-order valence-corrected chi connectivity index (χ2v) is 4.79. The minimum Gasteiger partial charge on any atom is -0.364 e. The summed E-state index contributed by atoms with van der Waals surface area (Å²) in [6.07, 6.45) is 2.65. The van der Waals surface area contributed by atoms with Gasteiger partial charge < -0.3 is 11.1 Å². The summed E-state index contributed by atoms with van der Waals surface area (Å²) in [5.41, 5.74) is 7.33. The van der Waals surface area contributed by atoms with Gasteiger partial charge in [-0.15, -0.1) is 0 Å². The number of para-hydroxylation sites is 2. The van der Waals surface area contributed by atoms with Crippen molar-refractivity contribution in [2.75, 3.05) is 11.9 Å². The third kappa shape index (κ3) is 2.91. The first kappa shape index (κ1) is 11.8. The molecule has 0 aliphatic rings. The molecule has 2 rings (SSSR count). The summed E-state index contributed by atoms with van der Waals surface area (Å²) in [5.74, 6) is 0.794. The zero-order valence-electron chi connectivity index (χ0n) is 10.3. The molecule has 1 heterocycles. The van der Waals surface area contributed by atoms with Crippen LogP contribution in [-0.2, 0) is 0 Å². The van der Waals surface area contributed by atoms with Crippen LogP contribution in [0.15, 0.2) is 30.5 Å². The first-order valence-electron chi connectivity index (χ1n) is 5.81. The number of rotatable bonds is 4. The van der Waals surface area contributed by atoms with Gasteiger partial charge in [0.05, 0.1) is 17.2 Å². The Balaban J connectivity index is 2.25. The lowest BCUT2D eigenvalue weighted by molar-refractivity contribution is 0.524. The van der Waals surface area contributed by atoms with Gasteiger partial charge in [-0.2, -0.15) is 0 Å². The molecule has 3 N–H and O–H groups in total. The van der Waals surface area contributed by atoms with Gasteiger partial charge >= 0.3 is 0 Å². The van der Waals surface area contributed by atoms with Crippen molar-refractivity contribution in [3.63, 3.8) is 0 Å². The molecule has 0 aliphatic carbocycles. The smallest absolute Gasteiger partial charge is 0.145 e. The van der Waals surface area contributed by atoms with Crippen molar-refractivity contribution >= 4 is 16.9 Å². The van der Waals surface area contributed by atoms with E-state index in [2.05, 4.69) is 29.1 Å². The highest BCUT2D eigenvalue weighted by atomic mass is 15.1. The van der Waals surface area contributed by atoms with Gasteiger partial charge in [-0.25, -0.2) is 4.98 Å². The maximum absolute atomic E-state index is 5.58. The van der Waals surface area contributed by atoms with E-state index in [-0.39, 0.29) is 5.54 Å². The van der Waals surface area contributed by atoms with Crippen molar-refractivity contribution in [1.82, 2.24) is 9.97 Å². The van der Waals surface area contributed by atoms with Gasteiger partial charge in [0.15, 0.2) is 0 Å². The Morgan fingerprint density at radius 1 is 1.24 bits per heavy atom. The van der Waals surface area contributed by atoms with E-state index in [1.54, 1.807) is 6.20 Å². The Bertz CT molecular complexity index is 508. The molecule has 0 unspecified atom stereocenters. The van der Waals surface area contributed by atoms with E-state index in [1.807, 2.05) is 24.3 Å². The van der Waals surface area contributed by atoms with Gasteiger partial charge in [-0.3, -0.25) is 4.98 Å². The van der Waals surface area contributed by atoms with Crippen LogP contribution in [0.2, 0.25) is 0 Å². The van der Waals surface area contributed by atoms with Crippen molar-refractivity contribution in [2.45, 2.75) is 25.8 Å². The highest BCUT2D eigenvalue weighted by Crippen LogP contribution is 2.17. The van der Waals surface area contributed by atoms with Crippen molar-refractivity contribution in [1.29, 1.82) is 0 Å². The van der Waals surface area contributed by atoms with Gasteiger partial charge in [0.25, 0.3) is 0 Å². The third-order valence-electron chi connectivity index (χ3n) is 2.68. The highest BCUT2D eigenvalue weighted by Gasteiger charge is 2.16. The summed E-state index contributed by atoms with van der Waals surface area (Å²) in [5, 5.41) is 3.36. The molecule has 2 aromatic rings. The van der Waals surface area contributed by atoms with Crippen LogP contribution in [0.3, 0.4) is 0 Å². The fourth-order valence-corrected chi connectivity index (χ4v) is 1.79. The molecule has 4 heteroatoms. The van der Waals surface area contributed by atoms with Crippen molar-refractivity contribution in [3.8, 4) is 0 Å². The second kappa shape index (κ2) is 4.67. The molecule has 17 heavy (non-hydrogen) atoms. The van der Waals surface area contributed by atoms with E-state index >= 15 is 0 Å². The minimum atomic E-state index is -0.0636. The molecule has 0 fully saturated rings. The molecular weight excluding hydrogens is 212 g/mol. The molecule has 4 nitrogen and oxygen atoms in total. The molecule has 1 aromatic carbocycles. The van der Waals surface area contributed by atoms with Gasteiger partial charge in [-0.1, -0.05) is 12.1 Å². The predicted molar refractivity (Wildman–Crippen MR) is 70.9 cm³/mol. The molecule has 0 aliphatic heterocycles. The van der Waals surface area contributed by atoms with Gasteiger partial charge in [0, 0.05) is 5.54 Å². The Morgan fingerprint density at radius 2 is 1.94 bits per heavy atom. The van der Waals surface area contributed by atoms with Crippen LogP contribution in [0, 0.1) is 0 Å². The normalized spacial score (nSPS) is 11.7. The standard InChI is InChI=1S/C13H18N4/c1-13(2,7-8-14)17-12-9-15-10-5-3-4-6-11(10)16-12/h3-6,9H,7-8,14H2,1-2H3,(H,16,17). The maximum Gasteiger partial charge on any atom is 0.145 e. The van der Waals surface area contributed by atoms with Crippen molar-refractivity contribution < 1.29 is 0 Å². The van der Waals surface area contributed by atoms with E-state index in [0.29, 0.717) is 6.54 Å². The van der Waals surface area contributed by atoms with Crippen LogP contribution < -0.4 is 11.1 Å². The van der Waals surface area contributed by atoms with Crippen LogP contribution in [0.1, 0.15) is 20.3 Å². The van der Waals surface area contributed by atoms with E-state index in [4.69, 9.17) is 5.73 Å². The Hall–Kier alpha value is -1.68. The monoisotopic (exact) mass is 230 g/mol. The molecular formula is C13H18N4. The maximum atomic E-state index is 5.58. The SMILES string of the molecule is CC(C)(CCN)Nc1cnc2ccccc2n1. The molecule has 1 aromatic heterocycles. The molecule has 0 saturated carbocycles. The number of nitrogens with zero attached hydrogens (tertiary/aromatic N) is 2. The number of nitrogens with two attached hydrogens (primary N) is 1. The number of hydrogen-bond acceptors (Lipinski definition) is 4. The van der Waals surface area contributed by atoms with E-state index < -0.39 is 0 Å². The van der Waals surface area contributed by atoms with Gasteiger partial charge in [0.2, 0.25) is 0 Å². The van der Waals surface area contributed by atoms with Crippen LogP contribution in [0.4, 0.5) is 5.82 Å². The van der Waals surface area contributed by atoms with E-state index in [9.17, 15) is 0 Å². The Morgan fingerprint density at radius 3 is 2.65 bits per heavy atom. The topological polar surface area (TPSA) is 63.8 Å². The van der Waals surface area contributed by atoms with Gasteiger partial charge in [-0.05, 0) is 38.9 Å². The summed E-state index contributed by atoms with van der Waals surface area (Å²) in [4.78, 5) is 8.90. The van der Waals surface area contributed by atoms with Crippen LogP contribution in [0.5, 0.6) is 0 Å². The third-order valence-corrected chi connectivity index (χ3v) is 2.68. The molecule has 90 valence electrons. The minimum absolute atomic E-state index is 0.0636. The highest BCUT2D eigenvalue weighted by molar-refractivity contribution is 5.75. The first-order valence-corrected chi connectivity index (χ1v) is 5.81. The largest absolute Gasteiger partial charge is 0.364 e. The number of nitrogens with one attached hydrogen (secondary N) is 1. The van der Waals surface area contributed by atoms with E-state index in [0.717, 1.165) is 23.3 Å². The van der Waals surface area contributed by atoms with Crippen LogP contribution >= 0.6 is 0 Å². The summed E-state index contributed by atoms with van der Waals surface area (Å²) < 4.78 is 0. The molecule has 0 amide bonds. The summed E-state index contributed by atoms with van der Waals surface area (Å²) in [7, 11) is 0. The zero-order chi connectivity index (χ0) is 12.3. The van der Waals surface area contributed by atoms with Crippen LogP contribution in [0.25, 0.3) is 11.0 Å². The zero-order valence-corrected chi connectivity index (χ0v) is 10.3. The van der Waals surface area contributed by atoms with Crippen molar-refractivity contribution in [2.24, 2.45) is 5.73 Å². The Labute approximate surface area is 101 Å². The summed E-state index contributed by atoms with van der Waals surface area (Å²) >= 11 is 0. The lowest BCUT2D eigenvalue weighted by Gasteiger charge is -2.26. The molecule has 0 spiro atoms. The molecule has 0 atom stereocenters. The lowest BCUT2D eigenvalue weighted by Crippen LogP contribution is -2.33. The predicted octanol–water partition coefficient (Wildman–Crippen LogP) is 2.17. The fraction of sp³-hybridized carbons (Fsp3) is 0.385. The molecule has 0 saturated heterocycles. The first-order chi connectivity index (χ1) is 8.11. The van der Waals surface area contributed by atoms with E-state index in [1.165, 1.54) is 0 Å². The lowest BCUT2D eigenvalue weighted by atomic mass is 10.0. The number of benzene rings is 1. The van der Waals surface area contributed by atoms with Crippen molar-refractivity contribution in [3.05, 3.63) is 30.5 Å². The second-order valence-electron chi connectivity index (χ2n) is 4.79. The number of aromatic nitrogens is 2.